The second kappa shape index (κ2) is 6.71. The molecule has 0 bridgehead atoms. The first-order chi connectivity index (χ1) is 9.71. The molecule has 2 N–H and O–H groups in total. The molecule has 0 unspecified atom stereocenters. The minimum atomic E-state index is -0.00222. The minimum Gasteiger partial charge on any atom is -0.358 e. The van der Waals surface area contributed by atoms with Crippen LogP contribution in [0.5, 0.6) is 0 Å². The van der Waals surface area contributed by atoms with Gasteiger partial charge in [0.1, 0.15) is 0 Å². The van der Waals surface area contributed by atoms with E-state index in [0.29, 0.717) is 6.54 Å². The maximum Gasteiger partial charge on any atom is 0.239 e. The summed E-state index contributed by atoms with van der Waals surface area (Å²) in [6.07, 6.45) is 2.02. The van der Waals surface area contributed by atoms with Crippen molar-refractivity contribution in [1.82, 2.24) is 20.0 Å². The molecule has 0 saturated carbocycles. The van der Waals surface area contributed by atoms with Crippen LogP contribution < -0.4 is 15.5 Å². The number of carbonyl (C=O) groups excluding carboxylic acids is 1. The highest BCUT2D eigenvalue weighted by molar-refractivity contribution is 7.15. The molecule has 6 nitrogen and oxygen atoms in total. The van der Waals surface area contributed by atoms with Gasteiger partial charge in [-0.25, -0.2) is 4.98 Å². The first-order valence-corrected chi connectivity index (χ1v) is 7.69. The van der Waals surface area contributed by atoms with Crippen molar-refractivity contribution in [2.45, 2.75) is 20.4 Å². The summed E-state index contributed by atoms with van der Waals surface area (Å²) in [5.41, 5.74) is 1.11. The van der Waals surface area contributed by atoms with E-state index in [0.717, 1.165) is 36.1 Å². The van der Waals surface area contributed by atoms with Gasteiger partial charge in [0.15, 0.2) is 10.8 Å². The minimum absolute atomic E-state index is 0.00222. The van der Waals surface area contributed by atoms with E-state index < -0.39 is 0 Å². The van der Waals surface area contributed by atoms with E-state index in [-0.39, 0.29) is 5.91 Å². The van der Waals surface area contributed by atoms with Gasteiger partial charge in [-0.15, -0.1) is 11.3 Å². The maximum absolute atomic E-state index is 11.6. The summed E-state index contributed by atoms with van der Waals surface area (Å²) in [7, 11) is 1.65. The summed E-state index contributed by atoms with van der Waals surface area (Å²) in [6, 6.07) is 0. The summed E-state index contributed by atoms with van der Waals surface area (Å²) in [4.78, 5) is 19.3. The number of nitrogens with zero attached hydrogens (tertiary/aromatic N) is 3. The number of amides is 1. The van der Waals surface area contributed by atoms with Crippen LogP contribution in [0.2, 0.25) is 0 Å². The maximum atomic E-state index is 11.6. The van der Waals surface area contributed by atoms with E-state index in [9.17, 15) is 4.79 Å². The van der Waals surface area contributed by atoms with Crippen LogP contribution in [0.1, 0.15) is 19.5 Å². The Kier molecular flexibility index (Phi) is 4.97. The molecule has 20 heavy (non-hydrogen) atoms. The van der Waals surface area contributed by atoms with Crippen LogP contribution in [0.15, 0.2) is 11.6 Å². The van der Waals surface area contributed by atoms with E-state index in [1.807, 2.05) is 23.4 Å². The van der Waals surface area contributed by atoms with Gasteiger partial charge in [0.25, 0.3) is 0 Å². The number of aromatic nitrogens is 2. The lowest BCUT2D eigenvalue weighted by molar-refractivity contribution is -0.119. The van der Waals surface area contributed by atoms with Crippen LogP contribution >= 0.6 is 11.3 Å². The van der Waals surface area contributed by atoms with E-state index in [2.05, 4.69) is 26.9 Å². The lowest BCUT2D eigenvalue weighted by atomic mass is 10.3. The topological polar surface area (TPSA) is 61.7 Å². The van der Waals surface area contributed by atoms with Crippen molar-refractivity contribution in [3.63, 3.8) is 0 Å². The van der Waals surface area contributed by atoms with E-state index >= 15 is 0 Å². The Morgan fingerprint density at radius 1 is 1.50 bits per heavy atom. The van der Waals surface area contributed by atoms with Crippen molar-refractivity contribution >= 4 is 28.0 Å². The molecule has 2 rings (SSSR count). The fraction of sp³-hybridized carbons (Fsp3) is 0.538. The van der Waals surface area contributed by atoms with Crippen molar-refractivity contribution in [2.75, 3.05) is 31.6 Å². The largest absolute Gasteiger partial charge is 0.358 e. The SMILES string of the molecule is CCNCc1c(N(CC)CC(=O)NC)nc2sccn12. The van der Waals surface area contributed by atoms with Gasteiger partial charge in [0, 0.05) is 31.7 Å². The molecule has 2 heterocycles. The predicted molar refractivity (Wildman–Crippen MR) is 82.4 cm³/mol. The molecule has 2 aromatic rings. The Labute approximate surface area is 122 Å². The molecule has 0 fully saturated rings. The van der Waals surface area contributed by atoms with E-state index in [1.165, 1.54) is 0 Å². The van der Waals surface area contributed by atoms with Gasteiger partial charge >= 0.3 is 0 Å². The van der Waals surface area contributed by atoms with E-state index in [1.54, 1.807) is 18.4 Å². The highest BCUT2D eigenvalue weighted by Gasteiger charge is 2.19. The molecule has 0 aliphatic heterocycles. The summed E-state index contributed by atoms with van der Waals surface area (Å²) in [5.74, 6) is 0.890. The predicted octanol–water partition coefficient (Wildman–Crippen LogP) is 1.08. The first kappa shape index (κ1) is 14.8. The van der Waals surface area contributed by atoms with Gasteiger partial charge in [-0.3, -0.25) is 9.20 Å². The highest BCUT2D eigenvalue weighted by Crippen LogP contribution is 2.24. The molecule has 0 spiro atoms. The van der Waals surface area contributed by atoms with Crippen molar-refractivity contribution in [3.05, 3.63) is 17.3 Å². The van der Waals surface area contributed by atoms with Gasteiger partial charge in [-0.1, -0.05) is 6.92 Å². The Bertz CT molecular complexity index is 576. The van der Waals surface area contributed by atoms with Crippen LogP contribution in [-0.4, -0.2) is 42.0 Å². The Morgan fingerprint density at radius 3 is 2.95 bits per heavy atom. The molecule has 0 aliphatic carbocycles. The number of hydrogen-bond acceptors (Lipinski definition) is 5. The molecule has 7 heteroatoms. The van der Waals surface area contributed by atoms with Crippen molar-refractivity contribution < 1.29 is 4.79 Å². The van der Waals surface area contributed by atoms with Crippen molar-refractivity contribution in [3.8, 4) is 0 Å². The zero-order valence-corrected chi connectivity index (χ0v) is 13.0. The van der Waals surface area contributed by atoms with Crippen LogP contribution in [-0.2, 0) is 11.3 Å². The fourth-order valence-corrected chi connectivity index (χ4v) is 2.80. The van der Waals surface area contributed by atoms with Crippen molar-refractivity contribution in [2.24, 2.45) is 0 Å². The van der Waals surface area contributed by atoms with Gasteiger partial charge < -0.3 is 15.5 Å². The van der Waals surface area contributed by atoms with Crippen molar-refractivity contribution in [1.29, 1.82) is 0 Å². The Morgan fingerprint density at radius 2 is 2.30 bits per heavy atom. The summed E-state index contributed by atoms with van der Waals surface area (Å²) < 4.78 is 2.09. The average molecular weight is 295 g/mol. The molecule has 0 saturated heterocycles. The van der Waals surface area contributed by atoms with Gasteiger partial charge in [0.05, 0.1) is 12.2 Å². The smallest absolute Gasteiger partial charge is 0.239 e. The molecule has 0 radical (unpaired) electrons. The molecular weight excluding hydrogens is 274 g/mol. The summed E-state index contributed by atoms with van der Waals surface area (Å²) in [5, 5.41) is 8.02. The van der Waals surface area contributed by atoms with Gasteiger partial charge in [-0.05, 0) is 13.5 Å². The third kappa shape index (κ3) is 2.94. The lowest BCUT2D eigenvalue weighted by Gasteiger charge is -2.21. The number of carbonyl (C=O) groups is 1. The van der Waals surface area contributed by atoms with Crippen LogP contribution in [0.3, 0.4) is 0 Å². The first-order valence-electron chi connectivity index (χ1n) is 6.81. The quantitative estimate of drug-likeness (QED) is 0.802. The second-order valence-corrected chi connectivity index (χ2v) is 5.28. The number of thiazole rings is 1. The van der Waals surface area contributed by atoms with E-state index in [4.69, 9.17) is 0 Å². The number of rotatable bonds is 7. The Hall–Kier alpha value is -1.60. The van der Waals surface area contributed by atoms with Gasteiger partial charge in [-0.2, -0.15) is 0 Å². The Balaban J connectivity index is 2.34. The lowest BCUT2D eigenvalue weighted by Crippen LogP contribution is -2.36. The number of imidazole rings is 1. The zero-order valence-electron chi connectivity index (χ0n) is 12.1. The third-order valence-corrected chi connectivity index (χ3v) is 3.93. The molecule has 0 aromatic carbocycles. The summed E-state index contributed by atoms with van der Waals surface area (Å²) >= 11 is 1.61. The molecule has 1 amide bonds. The zero-order chi connectivity index (χ0) is 14.5. The van der Waals surface area contributed by atoms with Crippen LogP contribution in [0.25, 0.3) is 4.96 Å². The standard InChI is InChI=1S/C13H21N5OS/c1-4-15-8-10-12(16-13-18(10)6-7-20-13)17(5-2)9-11(19)14-3/h6-7,15H,4-5,8-9H2,1-3H3,(H,14,19). The van der Waals surface area contributed by atoms with Crippen LogP contribution in [0.4, 0.5) is 5.82 Å². The number of hydrogen-bond donors (Lipinski definition) is 2. The van der Waals surface area contributed by atoms with Gasteiger partial charge in [0.2, 0.25) is 5.91 Å². The number of likely N-dealkylation sites (N-methyl/N-ethyl adjacent to an activating group) is 2. The summed E-state index contributed by atoms with van der Waals surface area (Å²) in [6.45, 7) is 6.84. The number of anilines is 1. The monoisotopic (exact) mass is 295 g/mol. The molecule has 0 aliphatic rings. The molecule has 0 atom stereocenters. The molecular formula is C13H21N5OS. The second-order valence-electron chi connectivity index (χ2n) is 4.41. The molecule has 110 valence electrons. The fourth-order valence-electron chi connectivity index (χ4n) is 2.07. The number of nitrogens with one attached hydrogen (secondary N) is 2. The molecule has 2 aromatic heterocycles. The highest BCUT2D eigenvalue weighted by atomic mass is 32.1. The average Bonchev–Trinajstić information content (AvgIpc) is 3.03. The number of fused-ring (bicyclic) bond motifs is 1. The van der Waals surface area contributed by atoms with Crippen LogP contribution in [0, 0.1) is 0 Å². The normalized spacial score (nSPS) is 10.9. The third-order valence-electron chi connectivity index (χ3n) is 3.18.